The maximum Gasteiger partial charge on any atom is 0.326 e. The third kappa shape index (κ3) is 3.37. The number of hydrogen-bond donors (Lipinski definition) is 3. The molecule has 4 amide bonds. The summed E-state index contributed by atoms with van der Waals surface area (Å²) in [5.41, 5.74) is -0.971. The fourth-order valence-electron chi connectivity index (χ4n) is 2.43. The summed E-state index contributed by atoms with van der Waals surface area (Å²) in [4.78, 5) is 48.1. The molecule has 1 atom stereocenters. The van der Waals surface area contributed by atoms with Gasteiger partial charge in [0.25, 0.3) is 5.91 Å². The molecule has 0 aromatic heterocycles. The number of imide groups is 1. The lowest BCUT2D eigenvalue weighted by Crippen LogP contribution is -2.50. The molecule has 1 rings (SSSR count). The van der Waals surface area contributed by atoms with E-state index < -0.39 is 41.9 Å². The lowest BCUT2D eigenvalue weighted by molar-refractivity contribution is -0.143. The number of carbonyl (C=O) groups is 4. The molecule has 3 N–H and O–H groups in total. The highest BCUT2D eigenvalue weighted by Crippen LogP contribution is 2.24. The molecule has 0 bridgehead atoms. The molecule has 1 heterocycles. The molecule has 0 unspecified atom stereocenters. The summed E-state index contributed by atoms with van der Waals surface area (Å²) in [6, 6.07) is -1.68. The van der Waals surface area contributed by atoms with Crippen molar-refractivity contribution in [3.63, 3.8) is 0 Å². The number of carbonyl (C=O) groups excluding carboxylic acids is 3. The summed E-state index contributed by atoms with van der Waals surface area (Å²) in [6.07, 6.45) is 0.853. The predicted molar refractivity (Wildman–Crippen MR) is 78.0 cm³/mol. The van der Waals surface area contributed by atoms with E-state index in [1.807, 2.05) is 0 Å². The Hall–Kier alpha value is -2.12. The number of nitrogens with zero attached hydrogens (tertiary/aromatic N) is 1. The van der Waals surface area contributed by atoms with Gasteiger partial charge in [-0.2, -0.15) is 0 Å². The number of carboxylic acids is 1. The summed E-state index contributed by atoms with van der Waals surface area (Å²) < 4.78 is 0. The molecule has 0 aliphatic carbocycles. The molecule has 0 saturated carbocycles. The van der Waals surface area contributed by atoms with E-state index >= 15 is 0 Å². The molecule has 1 fully saturated rings. The summed E-state index contributed by atoms with van der Waals surface area (Å²) in [5, 5.41) is 14.0. The Kier molecular flexibility index (Phi) is 5.51. The molecule has 1 saturated heterocycles. The van der Waals surface area contributed by atoms with Gasteiger partial charge in [-0.3, -0.25) is 14.5 Å². The summed E-state index contributed by atoms with van der Waals surface area (Å²) in [6.45, 7) is 6.40. The molecule has 124 valence electrons. The first kappa shape index (κ1) is 17.9. The topological polar surface area (TPSA) is 116 Å². The number of aliphatic carboxylic acids is 1. The van der Waals surface area contributed by atoms with Crippen LogP contribution < -0.4 is 10.6 Å². The van der Waals surface area contributed by atoms with Gasteiger partial charge < -0.3 is 15.7 Å². The van der Waals surface area contributed by atoms with Crippen LogP contribution in [-0.4, -0.2) is 51.9 Å². The van der Waals surface area contributed by atoms with E-state index in [1.165, 1.54) is 0 Å². The Bertz CT molecular complexity index is 485. The number of nitrogens with one attached hydrogen (secondary N) is 2. The zero-order chi connectivity index (χ0) is 17.1. The van der Waals surface area contributed by atoms with Gasteiger partial charge in [0.2, 0.25) is 5.91 Å². The molecule has 0 radical (unpaired) electrons. The summed E-state index contributed by atoms with van der Waals surface area (Å²) in [5.74, 6) is -2.59. The van der Waals surface area contributed by atoms with E-state index in [1.54, 1.807) is 27.7 Å². The molecule has 22 heavy (non-hydrogen) atoms. The number of hydrogen-bond acceptors (Lipinski definition) is 4. The van der Waals surface area contributed by atoms with Gasteiger partial charge in [0.05, 0.1) is 0 Å². The highest BCUT2D eigenvalue weighted by molar-refractivity contribution is 6.09. The van der Waals surface area contributed by atoms with Gasteiger partial charge >= 0.3 is 12.0 Å². The van der Waals surface area contributed by atoms with Crippen molar-refractivity contribution in [2.45, 2.75) is 52.1 Å². The van der Waals surface area contributed by atoms with Crippen molar-refractivity contribution in [1.29, 1.82) is 0 Å². The van der Waals surface area contributed by atoms with Crippen LogP contribution >= 0.6 is 0 Å². The minimum atomic E-state index is -1.16. The van der Waals surface area contributed by atoms with Crippen molar-refractivity contribution in [2.24, 2.45) is 5.92 Å². The van der Waals surface area contributed by atoms with Crippen LogP contribution in [0, 0.1) is 5.92 Å². The SMILES string of the molecule is CCC1(CC)NC(=O)N(CC(=O)N[C@@H](C(=O)O)C(C)C)C1=O. The fourth-order valence-corrected chi connectivity index (χ4v) is 2.43. The Morgan fingerprint density at radius 3 is 2.18 bits per heavy atom. The van der Waals surface area contributed by atoms with Gasteiger partial charge in [-0.25, -0.2) is 9.59 Å². The first-order valence-electron chi connectivity index (χ1n) is 7.34. The van der Waals surface area contributed by atoms with E-state index in [9.17, 15) is 19.2 Å². The van der Waals surface area contributed by atoms with Crippen LogP contribution in [0.4, 0.5) is 4.79 Å². The molecule has 1 aliphatic heterocycles. The van der Waals surface area contributed by atoms with Gasteiger partial charge in [0.15, 0.2) is 0 Å². The van der Waals surface area contributed by atoms with E-state index in [0.29, 0.717) is 12.8 Å². The van der Waals surface area contributed by atoms with Crippen molar-refractivity contribution in [1.82, 2.24) is 15.5 Å². The lowest BCUT2D eigenvalue weighted by Gasteiger charge is -2.23. The maximum absolute atomic E-state index is 12.3. The zero-order valence-electron chi connectivity index (χ0n) is 13.3. The van der Waals surface area contributed by atoms with Crippen LogP contribution in [0.3, 0.4) is 0 Å². The van der Waals surface area contributed by atoms with E-state index in [4.69, 9.17) is 5.11 Å². The molecule has 0 aromatic carbocycles. The monoisotopic (exact) mass is 313 g/mol. The molecule has 0 aromatic rings. The Morgan fingerprint density at radius 1 is 1.27 bits per heavy atom. The highest BCUT2D eigenvalue weighted by atomic mass is 16.4. The molecule has 8 nitrogen and oxygen atoms in total. The first-order valence-corrected chi connectivity index (χ1v) is 7.34. The van der Waals surface area contributed by atoms with Gasteiger partial charge in [-0.15, -0.1) is 0 Å². The normalized spacial score (nSPS) is 18.3. The van der Waals surface area contributed by atoms with Gasteiger partial charge in [-0.05, 0) is 18.8 Å². The van der Waals surface area contributed by atoms with Crippen LogP contribution in [0.1, 0.15) is 40.5 Å². The lowest BCUT2D eigenvalue weighted by atomic mass is 9.93. The van der Waals surface area contributed by atoms with Crippen molar-refractivity contribution in [2.75, 3.05) is 6.54 Å². The largest absolute Gasteiger partial charge is 0.480 e. The van der Waals surface area contributed by atoms with Crippen LogP contribution in [-0.2, 0) is 14.4 Å². The molecule has 0 spiro atoms. The van der Waals surface area contributed by atoms with Crippen LogP contribution in [0.15, 0.2) is 0 Å². The highest BCUT2D eigenvalue weighted by Gasteiger charge is 2.49. The Morgan fingerprint density at radius 2 is 1.82 bits per heavy atom. The second-order valence-corrected chi connectivity index (χ2v) is 5.74. The van der Waals surface area contributed by atoms with Crippen LogP contribution in [0.25, 0.3) is 0 Å². The summed E-state index contributed by atoms with van der Waals surface area (Å²) >= 11 is 0. The van der Waals surface area contributed by atoms with Crippen molar-refractivity contribution in [3.8, 4) is 0 Å². The van der Waals surface area contributed by atoms with E-state index in [-0.39, 0.29) is 5.92 Å². The molecule has 1 aliphatic rings. The maximum atomic E-state index is 12.3. The minimum Gasteiger partial charge on any atom is -0.480 e. The predicted octanol–water partition coefficient (Wildman–Crippen LogP) is 0.322. The van der Waals surface area contributed by atoms with Gasteiger partial charge in [-0.1, -0.05) is 27.7 Å². The Balaban J connectivity index is 2.78. The Labute approximate surface area is 129 Å². The average molecular weight is 313 g/mol. The molecular formula is C14H23N3O5. The molecule has 8 heteroatoms. The van der Waals surface area contributed by atoms with Crippen molar-refractivity contribution in [3.05, 3.63) is 0 Å². The number of carboxylic acid groups (broad SMARTS) is 1. The van der Waals surface area contributed by atoms with Crippen LogP contribution in [0.5, 0.6) is 0 Å². The third-order valence-corrected chi connectivity index (χ3v) is 4.00. The van der Waals surface area contributed by atoms with Gasteiger partial charge in [0, 0.05) is 0 Å². The number of urea groups is 1. The third-order valence-electron chi connectivity index (χ3n) is 4.00. The van der Waals surface area contributed by atoms with Crippen molar-refractivity contribution < 1.29 is 24.3 Å². The average Bonchev–Trinajstić information content (AvgIpc) is 2.68. The first-order chi connectivity index (χ1) is 10.2. The standard InChI is InChI=1S/C14H23N3O5/c1-5-14(6-2)12(21)17(13(22)16-14)7-9(18)15-10(8(3)4)11(19)20/h8,10H,5-7H2,1-4H3,(H,15,18)(H,16,22)(H,19,20)/t10-/m1/s1. The van der Waals surface area contributed by atoms with E-state index in [2.05, 4.69) is 10.6 Å². The van der Waals surface area contributed by atoms with Gasteiger partial charge in [0.1, 0.15) is 18.1 Å². The fraction of sp³-hybridized carbons (Fsp3) is 0.714. The summed E-state index contributed by atoms with van der Waals surface area (Å²) in [7, 11) is 0. The van der Waals surface area contributed by atoms with E-state index in [0.717, 1.165) is 4.90 Å². The number of rotatable bonds is 7. The minimum absolute atomic E-state index is 0.310. The van der Waals surface area contributed by atoms with Crippen LogP contribution in [0.2, 0.25) is 0 Å². The number of amides is 4. The second kappa shape index (κ2) is 6.76. The van der Waals surface area contributed by atoms with Crippen molar-refractivity contribution >= 4 is 23.8 Å². The smallest absolute Gasteiger partial charge is 0.326 e. The zero-order valence-corrected chi connectivity index (χ0v) is 13.3. The quantitative estimate of drug-likeness (QED) is 0.585. The second-order valence-electron chi connectivity index (χ2n) is 5.74. The molecular weight excluding hydrogens is 290 g/mol.